The fraction of sp³-hybridized carbons (Fsp3) is 0.217. The molecule has 0 atom stereocenters. The van der Waals surface area contributed by atoms with E-state index in [9.17, 15) is 13.2 Å². The summed E-state index contributed by atoms with van der Waals surface area (Å²) in [6.07, 6.45) is 0.999. The van der Waals surface area contributed by atoms with Gasteiger partial charge in [-0.15, -0.1) is 0 Å². The lowest BCUT2D eigenvalue weighted by molar-refractivity contribution is 0.397. The van der Waals surface area contributed by atoms with Crippen molar-refractivity contribution < 1.29 is 22.3 Å². The van der Waals surface area contributed by atoms with Gasteiger partial charge in [-0.25, -0.2) is 18.2 Å². The van der Waals surface area contributed by atoms with E-state index in [4.69, 9.17) is 4.74 Å². The van der Waals surface area contributed by atoms with Crippen LogP contribution in [0.25, 0.3) is 10.9 Å². The SMILES string of the molecule is Cc1cc2c(F)c(Oc3ncnc(Nc4ccc(N5CCNCC5)c(F)c4)c3F)cc(F)c2[nH]1. The molecule has 176 valence electrons. The summed E-state index contributed by atoms with van der Waals surface area (Å²) in [6.45, 7) is 4.53. The molecular formula is C23H20F4N6O. The maximum absolute atomic E-state index is 15.0. The zero-order valence-electron chi connectivity index (χ0n) is 18.1. The molecule has 1 aliphatic rings. The highest BCUT2D eigenvalue weighted by molar-refractivity contribution is 5.83. The molecule has 2 aromatic heterocycles. The smallest absolute Gasteiger partial charge is 0.261 e. The summed E-state index contributed by atoms with van der Waals surface area (Å²) in [4.78, 5) is 12.2. The molecule has 0 unspecified atom stereocenters. The van der Waals surface area contributed by atoms with E-state index >= 15 is 4.39 Å². The summed E-state index contributed by atoms with van der Waals surface area (Å²) < 4.78 is 64.1. The molecule has 0 radical (unpaired) electrons. The lowest BCUT2D eigenvalue weighted by Gasteiger charge is -2.29. The first-order valence-corrected chi connectivity index (χ1v) is 10.6. The van der Waals surface area contributed by atoms with Crippen LogP contribution in [0.2, 0.25) is 0 Å². The Bertz CT molecular complexity index is 1370. The average Bonchev–Trinajstić information content (AvgIpc) is 3.23. The molecule has 0 bridgehead atoms. The summed E-state index contributed by atoms with van der Waals surface area (Å²) in [7, 11) is 0. The van der Waals surface area contributed by atoms with Crippen molar-refractivity contribution in [2.75, 3.05) is 36.4 Å². The van der Waals surface area contributed by atoms with Crippen LogP contribution in [0.4, 0.5) is 34.8 Å². The number of piperazine rings is 1. The Kier molecular flexibility index (Phi) is 5.70. The molecule has 11 heteroatoms. The van der Waals surface area contributed by atoms with E-state index in [1.54, 1.807) is 19.1 Å². The lowest BCUT2D eigenvalue weighted by atomic mass is 10.2. The second-order valence-corrected chi connectivity index (χ2v) is 7.88. The van der Waals surface area contributed by atoms with E-state index in [0.717, 1.165) is 25.5 Å². The van der Waals surface area contributed by atoms with Gasteiger partial charge in [0.2, 0.25) is 5.82 Å². The van der Waals surface area contributed by atoms with Crippen molar-refractivity contribution in [3.05, 3.63) is 65.6 Å². The fourth-order valence-corrected chi connectivity index (χ4v) is 3.91. The van der Waals surface area contributed by atoms with Crippen LogP contribution in [0.15, 0.2) is 36.7 Å². The molecule has 5 rings (SSSR count). The monoisotopic (exact) mass is 472 g/mol. The van der Waals surface area contributed by atoms with Crippen molar-refractivity contribution in [1.29, 1.82) is 0 Å². The number of ether oxygens (including phenoxy) is 1. The second-order valence-electron chi connectivity index (χ2n) is 7.88. The van der Waals surface area contributed by atoms with Gasteiger partial charge >= 0.3 is 0 Å². The van der Waals surface area contributed by atoms with Crippen molar-refractivity contribution >= 4 is 28.1 Å². The first kappa shape index (κ1) is 22.0. The minimum Gasteiger partial charge on any atom is -0.433 e. The fourth-order valence-electron chi connectivity index (χ4n) is 3.91. The summed E-state index contributed by atoms with van der Waals surface area (Å²) in [5.74, 6) is -4.58. The Morgan fingerprint density at radius 3 is 2.53 bits per heavy atom. The molecule has 0 spiro atoms. The van der Waals surface area contributed by atoms with E-state index in [1.807, 2.05) is 4.90 Å². The van der Waals surface area contributed by atoms with E-state index in [2.05, 4.69) is 25.6 Å². The van der Waals surface area contributed by atoms with Crippen molar-refractivity contribution in [3.8, 4) is 11.6 Å². The lowest BCUT2D eigenvalue weighted by Crippen LogP contribution is -2.43. The zero-order valence-corrected chi connectivity index (χ0v) is 18.1. The minimum absolute atomic E-state index is 0.0147. The zero-order chi connectivity index (χ0) is 23.8. The molecule has 4 aromatic rings. The Balaban J connectivity index is 1.40. The predicted molar refractivity (Wildman–Crippen MR) is 120 cm³/mol. The molecule has 1 saturated heterocycles. The number of nitrogens with one attached hydrogen (secondary N) is 3. The number of nitrogens with zero attached hydrogens (tertiary/aromatic N) is 3. The highest BCUT2D eigenvalue weighted by atomic mass is 19.1. The number of aryl methyl sites for hydroxylation is 1. The predicted octanol–water partition coefficient (Wildman–Crippen LogP) is 4.77. The molecule has 7 nitrogen and oxygen atoms in total. The van der Waals surface area contributed by atoms with E-state index in [0.29, 0.717) is 24.5 Å². The molecule has 34 heavy (non-hydrogen) atoms. The number of hydrogen-bond acceptors (Lipinski definition) is 6. The summed E-state index contributed by atoms with van der Waals surface area (Å²) in [5, 5.41) is 5.85. The first-order chi connectivity index (χ1) is 16.4. The van der Waals surface area contributed by atoms with Crippen molar-refractivity contribution in [1.82, 2.24) is 20.3 Å². The van der Waals surface area contributed by atoms with Gasteiger partial charge in [0.15, 0.2) is 23.2 Å². The number of rotatable bonds is 5. The summed E-state index contributed by atoms with van der Waals surface area (Å²) in [6, 6.07) is 6.66. The van der Waals surface area contributed by atoms with Crippen LogP contribution in [0, 0.1) is 30.2 Å². The standard InChI is InChI=1S/C23H20F4N6O/c1-12-8-14-19(26)18(10-16(25)21(14)31-12)34-23-20(27)22(29-11-30-23)32-13-2-3-17(15(24)9-13)33-6-4-28-5-7-33/h2-3,8-11,28,31H,4-7H2,1H3,(H,29,30,32). The normalized spacial score (nSPS) is 14.0. The van der Waals surface area contributed by atoms with Gasteiger partial charge in [-0.1, -0.05) is 0 Å². The molecule has 3 heterocycles. The molecule has 2 aromatic carbocycles. The van der Waals surface area contributed by atoms with Crippen molar-refractivity contribution in [2.24, 2.45) is 0 Å². The van der Waals surface area contributed by atoms with Crippen LogP contribution in [-0.2, 0) is 0 Å². The molecule has 0 aliphatic carbocycles. The number of H-pyrrole nitrogens is 1. The first-order valence-electron chi connectivity index (χ1n) is 10.6. The van der Waals surface area contributed by atoms with Crippen LogP contribution in [0.5, 0.6) is 11.6 Å². The molecular weight excluding hydrogens is 452 g/mol. The number of halogens is 4. The van der Waals surface area contributed by atoms with Gasteiger partial charge in [0, 0.05) is 49.0 Å². The van der Waals surface area contributed by atoms with Gasteiger partial charge in [0.25, 0.3) is 5.88 Å². The van der Waals surface area contributed by atoms with Gasteiger partial charge < -0.3 is 25.3 Å². The summed E-state index contributed by atoms with van der Waals surface area (Å²) in [5.41, 5.74) is 1.24. The van der Waals surface area contributed by atoms with E-state index in [-0.39, 0.29) is 22.4 Å². The molecule has 1 aliphatic heterocycles. The summed E-state index contributed by atoms with van der Waals surface area (Å²) >= 11 is 0. The number of benzene rings is 2. The Labute approximate surface area is 191 Å². The Hall–Kier alpha value is -3.86. The third kappa shape index (κ3) is 4.10. The van der Waals surface area contributed by atoms with Gasteiger partial charge in [-0.2, -0.15) is 9.37 Å². The third-order valence-corrected chi connectivity index (χ3v) is 5.53. The number of hydrogen-bond donors (Lipinski definition) is 3. The number of aromatic amines is 1. The van der Waals surface area contributed by atoms with E-state index < -0.39 is 34.9 Å². The number of fused-ring (bicyclic) bond motifs is 1. The maximum Gasteiger partial charge on any atom is 0.261 e. The van der Waals surface area contributed by atoms with Gasteiger partial charge in [-0.05, 0) is 31.2 Å². The minimum atomic E-state index is -1.04. The average molecular weight is 472 g/mol. The molecule has 3 N–H and O–H groups in total. The third-order valence-electron chi connectivity index (χ3n) is 5.53. The van der Waals surface area contributed by atoms with Crippen LogP contribution in [0.3, 0.4) is 0 Å². The van der Waals surface area contributed by atoms with Gasteiger partial charge in [0.1, 0.15) is 12.1 Å². The Morgan fingerprint density at radius 2 is 1.76 bits per heavy atom. The largest absolute Gasteiger partial charge is 0.433 e. The topological polar surface area (TPSA) is 78.1 Å². The number of aromatic nitrogens is 3. The molecule has 0 saturated carbocycles. The Morgan fingerprint density at radius 1 is 0.971 bits per heavy atom. The molecule has 1 fully saturated rings. The quantitative estimate of drug-likeness (QED) is 0.364. The highest BCUT2D eigenvalue weighted by Crippen LogP contribution is 2.34. The van der Waals surface area contributed by atoms with Crippen LogP contribution in [0.1, 0.15) is 5.69 Å². The van der Waals surface area contributed by atoms with Crippen molar-refractivity contribution in [2.45, 2.75) is 6.92 Å². The van der Waals surface area contributed by atoms with Crippen LogP contribution >= 0.6 is 0 Å². The highest BCUT2D eigenvalue weighted by Gasteiger charge is 2.20. The van der Waals surface area contributed by atoms with Crippen molar-refractivity contribution in [3.63, 3.8) is 0 Å². The molecule has 0 amide bonds. The van der Waals surface area contributed by atoms with Gasteiger partial charge in [-0.3, -0.25) is 0 Å². The van der Waals surface area contributed by atoms with Gasteiger partial charge in [0.05, 0.1) is 11.2 Å². The maximum atomic E-state index is 15.0. The van der Waals surface area contributed by atoms with E-state index in [1.165, 1.54) is 12.1 Å². The van der Waals surface area contributed by atoms with Crippen LogP contribution < -0.4 is 20.3 Å². The number of anilines is 3. The van der Waals surface area contributed by atoms with Crippen LogP contribution in [-0.4, -0.2) is 41.1 Å². The second kappa shape index (κ2) is 8.82.